The lowest BCUT2D eigenvalue weighted by molar-refractivity contribution is 0.0514. The van der Waals surface area contributed by atoms with Crippen molar-refractivity contribution in [3.8, 4) is 11.1 Å². The van der Waals surface area contributed by atoms with Crippen LogP contribution < -0.4 is 0 Å². The Hall–Kier alpha value is -3.61. The number of carbonyl (C=O) groups is 2. The summed E-state index contributed by atoms with van der Waals surface area (Å²) < 4.78 is 5.05. The summed E-state index contributed by atoms with van der Waals surface area (Å²) in [6.07, 6.45) is 0. The Labute approximate surface area is 155 Å². The molecule has 3 rings (SSSR count). The fourth-order valence-electron chi connectivity index (χ4n) is 2.81. The summed E-state index contributed by atoms with van der Waals surface area (Å²) in [6, 6.07) is 15.7. The van der Waals surface area contributed by atoms with E-state index in [1.807, 2.05) is 13.0 Å². The largest absolute Gasteiger partial charge is 0.461 e. The highest BCUT2D eigenvalue weighted by Gasteiger charge is 2.30. The Morgan fingerprint density at radius 2 is 1.85 bits per heavy atom. The maximum atomic E-state index is 13.0. The molecule has 7 heteroatoms. The summed E-state index contributed by atoms with van der Waals surface area (Å²) in [6.45, 7) is 3.64. The molecule has 0 fully saturated rings. The fraction of sp³-hybridized carbons (Fsp3) is 0.150. The molecule has 2 aromatic carbocycles. The molecule has 1 heterocycles. The molecule has 3 aromatic rings. The standard InChI is InChI=1S/C20H17N3O4/c1-3-27-20(25)18-16(15-11-7-8-13(2)12-15)17(21-23(18)22-26)19(24)14-9-5-4-6-10-14/h4-12H,3H2,1-2H3. The van der Waals surface area contributed by atoms with Crippen LogP contribution in [0, 0.1) is 11.8 Å². The van der Waals surface area contributed by atoms with E-state index in [0.29, 0.717) is 15.9 Å². The summed E-state index contributed by atoms with van der Waals surface area (Å²) in [4.78, 5) is 37.4. The minimum absolute atomic E-state index is 0.0329. The number of carbonyl (C=O) groups excluding carboxylic acids is 2. The minimum atomic E-state index is -0.770. The summed E-state index contributed by atoms with van der Waals surface area (Å²) in [5.41, 5.74) is 1.91. The molecule has 1 aromatic heterocycles. The molecule has 0 aliphatic rings. The number of aryl methyl sites for hydroxylation is 1. The molecule has 0 radical (unpaired) electrons. The smallest absolute Gasteiger partial charge is 0.359 e. The molecule has 7 nitrogen and oxygen atoms in total. The van der Waals surface area contributed by atoms with E-state index in [1.54, 1.807) is 55.5 Å². The first kappa shape index (κ1) is 18.2. The summed E-state index contributed by atoms with van der Waals surface area (Å²) in [7, 11) is 0. The number of ketones is 1. The number of nitrogens with zero attached hydrogens (tertiary/aromatic N) is 3. The zero-order chi connectivity index (χ0) is 19.4. The molecule has 0 spiro atoms. The van der Waals surface area contributed by atoms with E-state index < -0.39 is 11.8 Å². The lowest BCUT2D eigenvalue weighted by atomic mass is 9.97. The van der Waals surface area contributed by atoms with Gasteiger partial charge in [0.1, 0.15) is 5.69 Å². The lowest BCUT2D eigenvalue weighted by Crippen LogP contribution is -2.11. The minimum Gasteiger partial charge on any atom is -0.461 e. The van der Waals surface area contributed by atoms with Crippen LogP contribution >= 0.6 is 0 Å². The van der Waals surface area contributed by atoms with E-state index in [-0.39, 0.29) is 23.6 Å². The second-order valence-corrected chi connectivity index (χ2v) is 5.83. The van der Waals surface area contributed by atoms with Crippen LogP contribution in [0.15, 0.2) is 59.9 Å². The SMILES string of the molecule is CCOC(=O)c1c(-c2cccc(C)c2)c(C(=O)c2ccccc2)nn1N=O. The Kier molecular flexibility index (Phi) is 5.21. The van der Waals surface area contributed by atoms with E-state index in [4.69, 9.17) is 4.74 Å². The fourth-order valence-corrected chi connectivity index (χ4v) is 2.81. The Morgan fingerprint density at radius 1 is 1.11 bits per heavy atom. The third-order valence-corrected chi connectivity index (χ3v) is 3.97. The van der Waals surface area contributed by atoms with Crippen molar-refractivity contribution in [1.82, 2.24) is 9.89 Å². The van der Waals surface area contributed by atoms with Crippen LogP contribution in [0.4, 0.5) is 0 Å². The summed E-state index contributed by atoms with van der Waals surface area (Å²) >= 11 is 0. The van der Waals surface area contributed by atoms with E-state index >= 15 is 0 Å². The van der Waals surface area contributed by atoms with Gasteiger partial charge in [-0.2, -0.15) is 0 Å². The van der Waals surface area contributed by atoms with Gasteiger partial charge in [-0.3, -0.25) is 4.79 Å². The highest BCUT2D eigenvalue weighted by Crippen LogP contribution is 2.31. The third kappa shape index (κ3) is 3.52. The summed E-state index contributed by atoms with van der Waals surface area (Å²) in [5, 5.41) is 6.78. The maximum absolute atomic E-state index is 13.0. The Balaban J connectivity index is 2.28. The number of rotatable bonds is 6. The number of benzene rings is 2. The second-order valence-electron chi connectivity index (χ2n) is 5.83. The highest BCUT2D eigenvalue weighted by atomic mass is 16.5. The topological polar surface area (TPSA) is 90.6 Å². The average molecular weight is 363 g/mol. The maximum Gasteiger partial charge on any atom is 0.359 e. The van der Waals surface area contributed by atoms with Crippen LogP contribution in [-0.4, -0.2) is 28.2 Å². The molecule has 27 heavy (non-hydrogen) atoms. The third-order valence-electron chi connectivity index (χ3n) is 3.97. The average Bonchev–Trinajstić information content (AvgIpc) is 3.08. The van der Waals surface area contributed by atoms with Crippen molar-refractivity contribution in [3.05, 3.63) is 82.0 Å². The number of hydrogen-bond acceptors (Lipinski definition) is 6. The number of hydrogen-bond donors (Lipinski definition) is 0. The van der Waals surface area contributed by atoms with Crippen molar-refractivity contribution in [2.45, 2.75) is 13.8 Å². The van der Waals surface area contributed by atoms with Gasteiger partial charge in [-0.15, -0.1) is 14.8 Å². The normalized spacial score (nSPS) is 10.4. The van der Waals surface area contributed by atoms with E-state index in [2.05, 4.69) is 10.4 Å². The molecule has 0 saturated carbocycles. The number of esters is 1. The molecule has 0 amide bonds. The molecule has 136 valence electrons. The molecule has 0 N–H and O–H groups in total. The summed E-state index contributed by atoms with van der Waals surface area (Å²) in [5.74, 6) is -1.19. The Bertz CT molecular complexity index is 1010. The zero-order valence-corrected chi connectivity index (χ0v) is 14.9. The van der Waals surface area contributed by atoms with E-state index in [0.717, 1.165) is 5.56 Å². The highest BCUT2D eigenvalue weighted by molar-refractivity contribution is 6.14. The number of nitroso groups, excluding NO2 is 1. The molecular weight excluding hydrogens is 346 g/mol. The van der Waals surface area contributed by atoms with Crippen molar-refractivity contribution >= 4 is 11.8 Å². The molecule has 0 atom stereocenters. The molecule has 0 saturated heterocycles. The molecular formula is C20H17N3O4. The van der Waals surface area contributed by atoms with E-state index in [1.165, 1.54) is 0 Å². The number of ether oxygens (including phenoxy) is 1. The first-order chi connectivity index (χ1) is 13.1. The van der Waals surface area contributed by atoms with Crippen LogP contribution in [0.1, 0.15) is 39.0 Å². The van der Waals surface area contributed by atoms with Crippen LogP contribution in [0.3, 0.4) is 0 Å². The van der Waals surface area contributed by atoms with Gasteiger partial charge in [0, 0.05) is 11.1 Å². The van der Waals surface area contributed by atoms with Gasteiger partial charge in [0.25, 0.3) is 0 Å². The van der Waals surface area contributed by atoms with Gasteiger partial charge < -0.3 is 4.74 Å². The quantitative estimate of drug-likeness (QED) is 0.377. The van der Waals surface area contributed by atoms with Crippen LogP contribution in [0.5, 0.6) is 0 Å². The molecule has 0 unspecified atom stereocenters. The van der Waals surface area contributed by atoms with Gasteiger partial charge >= 0.3 is 5.97 Å². The molecule has 0 aliphatic heterocycles. The van der Waals surface area contributed by atoms with Crippen LogP contribution in [0.25, 0.3) is 11.1 Å². The monoisotopic (exact) mass is 363 g/mol. The van der Waals surface area contributed by atoms with Gasteiger partial charge in [-0.05, 0) is 19.4 Å². The molecule has 0 bridgehead atoms. The van der Waals surface area contributed by atoms with Gasteiger partial charge in [0.2, 0.25) is 5.78 Å². The van der Waals surface area contributed by atoms with E-state index in [9.17, 15) is 14.5 Å². The van der Waals surface area contributed by atoms with Gasteiger partial charge in [-0.25, -0.2) is 4.79 Å². The second kappa shape index (κ2) is 7.74. The van der Waals surface area contributed by atoms with Gasteiger partial charge in [0.15, 0.2) is 5.69 Å². The lowest BCUT2D eigenvalue weighted by Gasteiger charge is -2.07. The van der Waals surface area contributed by atoms with Crippen molar-refractivity contribution in [2.75, 3.05) is 6.61 Å². The van der Waals surface area contributed by atoms with Crippen molar-refractivity contribution < 1.29 is 14.3 Å². The molecule has 0 aliphatic carbocycles. The predicted molar refractivity (Wildman–Crippen MR) is 99.4 cm³/mol. The zero-order valence-electron chi connectivity index (χ0n) is 14.9. The first-order valence-electron chi connectivity index (χ1n) is 8.37. The van der Waals surface area contributed by atoms with Gasteiger partial charge in [-0.1, -0.05) is 60.2 Å². The first-order valence-corrected chi connectivity index (χ1v) is 8.37. The number of aromatic nitrogens is 2. The predicted octanol–water partition coefficient (Wildman–Crippen LogP) is 3.80. The Morgan fingerprint density at radius 3 is 2.48 bits per heavy atom. The van der Waals surface area contributed by atoms with Gasteiger partial charge in [0.05, 0.1) is 11.9 Å². The van der Waals surface area contributed by atoms with Crippen molar-refractivity contribution in [2.24, 2.45) is 5.29 Å². The van der Waals surface area contributed by atoms with Crippen LogP contribution in [-0.2, 0) is 4.74 Å². The van der Waals surface area contributed by atoms with Crippen molar-refractivity contribution in [3.63, 3.8) is 0 Å². The van der Waals surface area contributed by atoms with Crippen LogP contribution in [0.2, 0.25) is 0 Å². The van der Waals surface area contributed by atoms with Crippen molar-refractivity contribution in [1.29, 1.82) is 0 Å².